The van der Waals surface area contributed by atoms with Gasteiger partial charge in [-0.15, -0.1) is 0 Å². The van der Waals surface area contributed by atoms with Crippen molar-refractivity contribution in [3.63, 3.8) is 0 Å². The molecule has 0 atom stereocenters. The van der Waals surface area contributed by atoms with Gasteiger partial charge in [0.2, 0.25) is 0 Å². The van der Waals surface area contributed by atoms with Crippen LogP contribution in [-0.4, -0.2) is 0 Å². The summed E-state index contributed by atoms with van der Waals surface area (Å²) in [7, 11) is 0. The van der Waals surface area contributed by atoms with E-state index in [1.165, 1.54) is 111 Å². The van der Waals surface area contributed by atoms with Gasteiger partial charge in [-0.2, -0.15) is 0 Å². The smallest absolute Gasteiger partial charge is 0.0714 e. The highest BCUT2D eigenvalue weighted by atomic mass is 15.2. The lowest BCUT2D eigenvalue weighted by molar-refractivity contribution is 0.768. The van der Waals surface area contributed by atoms with Crippen molar-refractivity contribution >= 4 is 27.8 Å². The van der Waals surface area contributed by atoms with Crippen LogP contribution in [-0.2, 0) is 10.8 Å². The Hall–Kier alpha value is -8.52. The standard InChI is InChI=1S/C66H43N/c1-6-21-45(22-7-1)65(46-23-8-2-9-24-46)57-34-18-16-31-51(57)56-43-44(37-41-59(56)65)50-38-39-53-54-40-42-60-63(64(54)67(49-29-14-5-15-30-49)61-36-20-33-52(50)62(53)61)55-32-17-19-35-58(55)66(60,47-25-10-3-11-26-47)48-27-12-4-13-28-48/h1-43H. The second-order valence-corrected chi connectivity index (χ2v) is 18.2. The highest BCUT2D eigenvalue weighted by molar-refractivity contribution is 6.20. The van der Waals surface area contributed by atoms with Crippen molar-refractivity contribution in [2.45, 2.75) is 10.8 Å². The van der Waals surface area contributed by atoms with E-state index in [9.17, 15) is 0 Å². The lowest BCUT2D eigenvalue weighted by Crippen LogP contribution is -2.28. The molecule has 0 bridgehead atoms. The largest absolute Gasteiger partial charge is 0.309 e. The first kappa shape index (κ1) is 37.8. The van der Waals surface area contributed by atoms with E-state index < -0.39 is 10.8 Å². The Kier molecular flexibility index (Phi) is 8.18. The summed E-state index contributed by atoms with van der Waals surface area (Å²) in [6.07, 6.45) is 0. The van der Waals surface area contributed by atoms with Crippen molar-refractivity contribution in [3.8, 4) is 44.5 Å². The van der Waals surface area contributed by atoms with Gasteiger partial charge < -0.3 is 4.90 Å². The van der Waals surface area contributed by atoms with E-state index in [2.05, 4.69) is 266 Å². The second kappa shape index (κ2) is 14.5. The molecule has 2 aliphatic carbocycles. The molecule has 1 nitrogen and oxygen atoms in total. The fourth-order valence-electron chi connectivity index (χ4n) is 12.6. The van der Waals surface area contributed by atoms with E-state index in [1.54, 1.807) is 0 Å². The predicted octanol–water partition coefficient (Wildman–Crippen LogP) is 16.7. The Labute approximate surface area is 391 Å². The van der Waals surface area contributed by atoms with E-state index in [1.807, 2.05) is 0 Å². The zero-order valence-corrected chi connectivity index (χ0v) is 36.8. The third-order valence-electron chi connectivity index (χ3n) is 15.2. The molecule has 0 aromatic heterocycles. The third kappa shape index (κ3) is 5.09. The maximum atomic E-state index is 2.56. The van der Waals surface area contributed by atoms with Gasteiger partial charge >= 0.3 is 0 Å². The van der Waals surface area contributed by atoms with Crippen molar-refractivity contribution in [2.75, 3.05) is 4.90 Å². The first-order valence-corrected chi connectivity index (χ1v) is 23.4. The Bertz CT molecular complexity index is 3650. The Morgan fingerprint density at radius 1 is 0.284 bits per heavy atom. The molecule has 0 unspecified atom stereocenters. The van der Waals surface area contributed by atoms with E-state index in [-0.39, 0.29) is 0 Å². The molecule has 0 saturated carbocycles. The fourth-order valence-corrected chi connectivity index (χ4v) is 12.6. The lowest BCUT2D eigenvalue weighted by Gasteiger charge is -2.37. The summed E-state index contributed by atoms with van der Waals surface area (Å²) < 4.78 is 0. The summed E-state index contributed by atoms with van der Waals surface area (Å²) in [4.78, 5) is 2.56. The summed E-state index contributed by atoms with van der Waals surface area (Å²) in [6, 6.07) is 97.4. The van der Waals surface area contributed by atoms with Crippen LogP contribution >= 0.6 is 0 Å². The summed E-state index contributed by atoms with van der Waals surface area (Å²) in [6.45, 7) is 0. The fraction of sp³-hybridized carbons (Fsp3) is 0.0303. The molecular weight excluding hydrogens is 807 g/mol. The number of benzene rings is 11. The molecule has 11 aromatic carbocycles. The Balaban J connectivity index is 1.02. The molecule has 14 rings (SSSR count). The minimum atomic E-state index is -0.507. The highest BCUT2D eigenvalue weighted by Crippen LogP contribution is 2.64. The molecule has 67 heavy (non-hydrogen) atoms. The Morgan fingerprint density at radius 3 is 1.36 bits per heavy atom. The molecule has 1 heteroatoms. The number of hydrogen-bond donors (Lipinski definition) is 0. The average molecular weight is 850 g/mol. The van der Waals surface area contributed by atoms with Gasteiger partial charge in [-0.1, -0.05) is 237 Å². The van der Waals surface area contributed by atoms with Crippen LogP contribution in [0.5, 0.6) is 0 Å². The van der Waals surface area contributed by atoms with Gasteiger partial charge in [0.15, 0.2) is 0 Å². The maximum Gasteiger partial charge on any atom is 0.0714 e. The van der Waals surface area contributed by atoms with Crippen molar-refractivity contribution < 1.29 is 0 Å². The molecule has 312 valence electrons. The molecule has 11 aromatic rings. The minimum Gasteiger partial charge on any atom is -0.309 e. The SMILES string of the molecule is c1ccc(N2c3c(ccc4c3-c3ccccc3C4(c3ccccc3)c3ccccc3)-c3ccc(-c4ccc5c(c4)-c4ccccc4C5(c4ccccc4)c4ccccc4)c4cccc2c34)cc1. The van der Waals surface area contributed by atoms with Crippen LogP contribution in [0, 0.1) is 0 Å². The molecular formula is C66H43N. The summed E-state index contributed by atoms with van der Waals surface area (Å²) >= 11 is 0. The van der Waals surface area contributed by atoms with E-state index in [0.717, 1.165) is 5.69 Å². The van der Waals surface area contributed by atoms with Crippen molar-refractivity contribution in [2.24, 2.45) is 0 Å². The number of hydrogen-bond acceptors (Lipinski definition) is 1. The third-order valence-corrected chi connectivity index (χ3v) is 15.2. The van der Waals surface area contributed by atoms with E-state index in [4.69, 9.17) is 0 Å². The molecule has 0 spiro atoms. The van der Waals surface area contributed by atoms with Crippen LogP contribution in [0.3, 0.4) is 0 Å². The summed E-state index contributed by atoms with van der Waals surface area (Å²) in [5.74, 6) is 0. The van der Waals surface area contributed by atoms with Crippen LogP contribution in [0.25, 0.3) is 55.3 Å². The van der Waals surface area contributed by atoms with E-state index >= 15 is 0 Å². The van der Waals surface area contributed by atoms with Crippen LogP contribution < -0.4 is 4.90 Å². The molecule has 0 radical (unpaired) electrons. The predicted molar refractivity (Wildman–Crippen MR) is 278 cm³/mol. The van der Waals surface area contributed by atoms with Gasteiger partial charge in [-0.05, 0) is 108 Å². The Morgan fingerprint density at radius 2 is 0.746 bits per heavy atom. The summed E-state index contributed by atoms with van der Waals surface area (Å²) in [5.41, 5.74) is 23.0. The maximum absolute atomic E-state index is 2.56. The van der Waals surface area contributed by atoms with Gasteiger partial charge in [0.05, 0.1) is 22.2 Å². The summed E-state index contributed by atoms with van der Waals surface area (Å²) in [5, 5.41) is 2.51. The molecule has 0 saturated heterocycles. The van der Waals surface area contributed by atoms with Crippen molar-refractivity contribution in [3.05, 3.63) is 305 Å². The average Bonchev–Trinajstić information content (AvgIpc) is 3.88. The zero-order chi connectivity index (χ0) is 44.1. The number of rotatable bonds is 6. The molecule has 1 heterocycles. The second-order valence-electron chi connectivity index (χ2n) is 18.2. The topological polar surface area (TPSA) is 3.24 Å². The van der Waals surface area contributed by atoms with Crippen LogP contribution in [0.1, 0.15) is 44.5 Å². The zero-order valence-electron chi connectivity index (χ0n) is 36.8. The van der Waals surface area contributed by atoms with E-state index in [0.29, 0.717) is 0 Å². The van der Waals surface area contributed by atoms with Gasteiger partial charge in [-0.25, -0.2) is 0 Å². The van der Waals surface area contributed by atoms with Gasteiger partial charge in [0.1, 0.15) is 0 Å². The first-order chi connectivity index (χ1) is 33.3. The van der Waals surface area contributed by atoms with Gasteiger partial charge in [-0.3, -0.25) is 0 Å². The number of fused-ring (bicyclic) bond motifs is 9. The number of para-hydroxylation sites is 1. The molecule has 1 aliphatic heterocycles. The first-order valence-electron chi connectivity index (χ1n) is 23.4. The quantitative estimate of drug-likeness (QED) is 0.161. The van der Waals surface area contributed by atoms with Crippen LogP contribution in [0.2, 0.25) is 0 Å². The van der Waals surface area contributed by atoms with Crippen LogP contribution in [0.4, 0.5) is 17.1 Å². The molecule has 0 fully saturated rings. The lowest BCUT2D eigenvalue weighted by atomic mass is 9.67. The highest BCUT2D eigenvalue weighted by Gasteiger charge is 2.49. The molecule has 0 amide bonds. The normalized spacial score (nSPS) is 14.2. The van der Waals surface area contributed by atoms with Gasteiger partial charge in [0, 0.05) is 22.2 Å². The van der Waals surface area contributed by atoms with Crippen molar-refractivity contribution in [1.82, 2.24) is 0 Å². The molecule has 3 aliphatic rings. The van der Waals surface area contributed by atoms with Gasteiger partial charge in [0.25, 0.3) is 0 Å². The minimum absolute atomic E-state index is 0.440. The molecule has 0 N–H and O–H groups in total. The van der Waals surface area contributed by atoms with Crippen LogP contribution in [0.15, 0.2) is 261 Å². The number of anilines is 3. The van der Waals surface area contributed by atoms with Crippen molar-refractivity contribution in [1.29, 1.82) is 0 Å². The monoisotopic (exact) mass is 849 g/mol. The number of nitrogens with zero attached hydrogens (tertiary/aromatic N) is 1.